The van der Waals surface area contributed by atoms with E-state index in [2.05, 4.69) is 10.3 Å². The Kier molecular flexibility index (Phi) is 4.52. The molecule has 0 saturated carbocycles. The van der Waals surface area contributed by atoms with Gasteiger partial charge in [-0.2, -0.15) is 0 Å². The molecule has 0 fully saturated rings. The zero-order chi connectivity index (χ0) is 16.9. The Morgan fingerprint density at radius 2 is 1.92 bits per heavy atom. The number of aliphatic carboxylic acids is 1. The van der Waals surface area contributed by atoms with Gasteiger partial charge < -0.3 is 15.2 Å². The van der Waals surface area contributed by atoms with E-state index in [-0.39, 0.29) is 6.54 Å². The quantitative estimate of drug-likeness (QED) is 0.682. The van der Waals surface area contributed by atoms with Crippen molar-refractivity contribution in [3.8, 4) is 11.1 Å². The van der Waals surface area contributed by atoms with Crippen molar-refractivity contribution in [3.05, 3.63) is 60.2 Å². The van der Waals surface area contributed by atoms with Gasteiger partial charge in [-0.05, 0) is 34.9 Å². The van der Waals surface area contributed by atoms with Gasteiger partial charge in [-0.1, -0.05) is 36.4 Å². The van der Waals surface area contributed by atoms with Crippen LogP contribution >= 0.6 is 0 Å². The predicted molar refractivity (Wildman–Crippen MR) is 93.1 cm³/mol. The Balaban J connectivity index is 2.16. The van der Waals surface area contributed by atoms with Crippen LogP contribution in [-0.2, 0) is 16.0 Å². The van der Waals surface area contributed by atoms with Gasteiger partial charge in [0.05, 0.1) is 5.52 Å². The Bertz CT molecular complexity index is 892. The molecule has 3 rings (SSSR count). The monoisotopic (exact) mass is 320 g/mol. The number of fused-ring (bicyclic) bond motifs is 1. The van der Waals surface area contributed by atoms with Crippen molar-refractivity contribution < 1.29 is 14.7 Å². The fourth-order valence-corrected chi connectivity index (χ4v) is 2.61. The summed E-state index contributed by atoms with van der Waals surface area (Å²) in [6.45, 7) is -0.198. The molecule has 3 aromatic rings. The molecule has 2 N–H and O–H groups in total. The molecule has 0 unspecified atom stereocenters. The Morgan fingerprint density at radius 3 is 2.62 bits per heavy atom. The highest BCUT2D eigenvalue weighted by Gasteiger charge is 2.09. The van der Waals surface area contributed by atoms with Crippen LogP contribution in [0.3, 0.4) is 0 Å². The first-order chi connectivity index (χ1) is 11.7. The zero-order valence-corrected chi connectivity index (χ0v) is 12.9. The lowest BCUT2D eigenvalue weighted by Crippen LogP contribution is -2.13. The van der Waals surface area contributed by atoms with Crippen LogP contribution in [0.2, 0.25) is 0 Å². The number of benzene rings is 2. The third-order valence-electron chi connectivity index (χ3n) is 3.70. The zero-order valence-electron chi connectivity index (χ0n) is 12.9. The normalized spacial score (nSPS) is 10.5. The number of pyridine rings is 1. The molecule has 5 nitrogen and oxygen atoms in total. The van der Waals surface area contributed by atoms with E-state index >= 15 is 0 Å². The van der Waals surface area contributed by atoms with Crippen molar-refractivity contribution >= 4 is 29.0 Å². The first kappa shape index (κ1) is 15.7. The fraction of sp³-hybridized carbons (Fsp3) is 0.105. The summed E-state index contributed by atoms with van der Waals surface area (Å²) < 4.78 is 0. The minimum atomic E-state index is -0.945. The lowest BCUT2D eigenvalue weighted by molar-refractivity contribution is -0.134. The number of hydrogen-bond donors (Lipinski definition) is 2. The van der Waals surface area contributed by atoms with Gasteiger partial charge in [0.1, 0.15) is 18.6 Å². The predicted octanol–water partition coefficient (Wildman–Crippen LogP) is 3.14. The summed E-state index contributed by atoms with van der Waals surface area (Å²) in [6, 6.07) is 17.3. The van der Waals surface area contributed by atoms with E-state index in [9.17, 15) is 9.59 Å². The molecule has 5 heteroatoms. The van der Waals surface area contributed by atoms with E-state index in [4.69, 9.17) is 5.11 Å². The summed E-state index contributed by atoms with van der Waals surface area (Å²) in [4.78, 5) is 26.0. The van der Waals surface area contributed by atoms with Gasteiger partial charge in [-0.3, -0.25) is 4.79 Å². The molecule has 24 heavy (non-hydrogen) atoms. The number of anilines is 1. The molecule has 2 aromatic carbocycles. The number of nitrogens with one attached hydrogen (secondary N) is 1. The maximum absolute atomic E-state index is 10.8. The molecule has 120 valence electrons. The number of carboxylic acids is 1. The van der Waals surface area contributed by atoms with E-state index in [1.165, 1.54) is 0 Å². The number of carbonyl (C=O) groups is 2. The van der Waals surface area contributed by atoms with Gasteiger partial charge in [0, 0.05) is 11.8 Å². The average molecular weight is 320 g/mol. The molecule has 0 amide bonds. The van der Waals surface area contributed by atoms with E-state index in [0.717, 1.165) is 33.9 Å². The average Bonchev–Trinajstić information content (AvgIpc) is 2.60. The maximum Gasteiger partial charge on any atom is 0.322 e. The van der Waals surface area contributed by atoms with Gasteiger partial charge in [-0.15, -0.1) is 0 Å². The Morgan fingerprint density at radius 1 is 1.12 bits per heavy atom. The first-order valence-corrected chi connectivity index (χ1v) is 7.56. The molecule has 0 aliphatic heterocycles. The summed E-state index contributed by atoms with van der Waals surface area (Å²) in [5.74, 6) is -0.439. The van der Waals surface area contributed by atoms with E-state index in [1.54, 1.807) is 0 Å². The minimum Gasteiger partial charge on any atom is -0.480 e. The maximum atomic E-state index is 10.8. The molecule has 0 bridgehead atoms. The lowest BCUT2D eigenvalue weighted by Gasteiger charge is -2.11. The number of aromatic nitrogens is 1. The van der Waals surface area contributed by atoms with Gasteiger partial charge in [0.2, 0.25) is 0 Å². The summed E-state index contributed by atoms with van der Waals surface area (Å²) in [6.07, 6.45) is 1.22. The molecular formula is C19H16N2O3. The van der Waals surface area contributed by atoms with Crippen LogP contribution in [0.4, 0.5) is 5.82 Å². The van der Waals surface area contributed by atoms with E-state index in [1.807, 2.05) is 54.6 Å². The molecular weight excluding hydrogens is 304 g/mol. The third-order valence-corrected chi connectivity index (χ3v) is 3.70. The van der Waals surface area contributed by atoms with Crippen LogP contribution in [0.5, 0.6) is 0 Å². The van der Waals surface area contributed by atoms with Crippen molar-refractivity contribution in [2.24, 2.45) is 0 Å². The molecule has 0 spiro atoms. The van der Waals surface area contributed by atoms with Crippen molar-refractivity contribution in [2.75, 3.05) is 11.9 Å². The smallest absolute Gasteiger partial charge is 0.322 e. The molecule has 0 atom stereocenters. The minimum absolute atomic E-state index is 0.198. The summed E-state index contributed by atoms with van der Waals surface area (Å²) >= 11 is 0. The van der Waals surface area contributed by atoms with E-state index < -0.39 is 5.97 Å². The molecule has 0 aliphatic carbocycles. The summed E-state index contributed by atoms with van der Waals surface area (Å²) in [7, 11) is 0. The van der Waals surface area contributed by atoms with Crippen LogP contribution in [0, 0.1) is 0 Å². The SMILES string of the molecule is O=CCc1ccc2nc(NCC(=O)O)cc(-c3ccccc3)c2c1. The van der Waals surface area contributed by atoms with Crippen molar-refractivity contribution in [1.82, 2.24) is 4.98 Å². The molecule has 0 saturated heterocycles. The highest BCUT2D eigenvalue weighted by molar-refractivity contribution is 5.96. The Hall–Kier alpha value is -3.21. The number of aldehydes is 1. The van der Waals surface area contributed by atoms with E-state index in [0.29, 0.717) is 12.2 Å². The second-order valence-corrected chi connectivity index (χ2v) is 5.39. The van der Waals surface area contributed by atoms with Crippen molar-refractivity contribution in [2.45, 2.75) is 6.42 Å². The van der Waals surface area contributed by atoms with Crippen LogP contribution in [-0.4, -0.2) is 28.9 Å². The second-order valence-electron chi connectivity index (χ2n) is 5.39. The molecule has 0 aliphatic rings. The topological polar surface area (TPSA) is 79.3 Å². The number of carboxylic acid groups (broad SMARTS) is 1. The highest BCUT2D eigenvalue weighted by atomic mass is 16.4. The molecule has 0 radical (unpaired) electrons. The van der Waals surface area contributed by atoms with Crippen molar-refractivity contribution in [1.29, 1.82) is 0 Å². The standard InChI is InChI=1S/C19H16N2O3/c22-9-8-13-6-7-17-16(10-13)15(14-4-2-1-3-5-14)11-18(21-17)20-12-19(23)24/h1-7,9-11H,8,12H2,(H,20,21)(H,23,24). The van der Waals surface area contributed by atoms with Gasteiger partial charge >= 0.3 is 5.97 Å². The fourth-order valence-electron chi connectivity index (χ4n) is 2.61. The number of rotatable bonds is 6. The second kappa shape index (κ2) is 6.91. The molecule has 1 heterocycles. The molecule has 1 aromatic heterocycles. The van der Waals surface area contributed by atoms with Crippen LogP contribution in [0.1, 0.15) is 5.56 Å². The Labute approximate surface area is 139 Å². The van der Waals surface area contributed by atoms with Crippen LogP contribution < -0.4 is 5.32 Å². The number of carbonyl (C=O) groups excluding carboxylic acids is 1. The third kappa shape index (κ3) is 3.41. The number of nitrogens with zero attached hydrogens (tertiary/aromatic N) is 1. The largest absolute Gasteiger partial charge is 0.480 e. The summed E-state index contributed by atoms with van der Waals surface area (Å²) in [5.41, 5.74) is 3.62. The van der Waals surface area contributed by atoms with Crippen molar-refractivity contribution in [3.63, 3.8) is 0 Å². The number of hydrogen-bond acceptors (Lipinski definition) is 4. The summed E-state index contributed by atoms with van der Waals surface area (Å²) in [5, 5.41) is 12.6. The lowest BCUT2D eigenvalue weighted by atomic mass is 9.99. The van der Waals surface area contributed by atoms with Crippen LogP contribution in [0.25, 0.3) is 22.0 Å². The highest BCUT2D eigenvalue weighted by Crippen LogP contribution is 2.30. The van der Waals surface area contributed by atoms with Gasteiger partial charge in [0.15, 0.2) is 0 Å². The van der Waals surface area contributed by atoms with Gasteiger partial charge in [0.25, 0.3) is 0 Å². The first-order valence-electron chi connectivity index (χ1n) is 7.56. The van der Waals surface area contributed by atoms with Gasteiger partial charge in [-0.25, -0.2) is 4.98 Å². The van der Waals surface area contributed by atoms with Crippen LogP contribution in [0.15, 0.2) is 54.6 Å².